The Kier molecular flexibility index (Phi) is 4.37. The highest BCUT2D eigenvalue weighted by atomic mass is 19.1. The zero-order valence-corrected chi connectivity index (χ0v) is 13.5. The minimum absolute atomic E-state index is 0.0225. The molecule has 1 saturated carbocycles. The van der Waals surface area contributed by atoms with Gasteiger partial charge in [0.2, 0.25) is 11.8 Å². The van der Waals surface area contributed by atoms with Gasteiger partial charge in [0.15, 0.2) is 0 Å². The largest absolute Gasteiger partial charge is 0.359 e. The lowest BCUT2D eigenvalue weighted by molar-refractivity contribution is -0.130. The van der Waals surface area contributed by atoms with E-state index in [9.17, 15) is 14.0 Å². The van der Waals surface area contributed by atoms with Gasteiger partial charge in [-0.2, -0.15) is 0 Å². The van der Waals surface area contributed by atoms with Crippen LogP contribution in [0.5, 0.6) is 0 Å². The zero-order valence-electron chi connectivity index (χ0n) is 13.5. The lowest BCUT2D eigenvalue weighted by atomic mass is 9.76. The van der Waals surface area contributed by atoms with Crippen LogP contribution in [0.25, 0.3) is 0 Å². The number of carbonyl (C=O) groups excluding carboxylic acids is 2. The van der Waals surface area contributed by atoms with Crippen LogP contribution < -0.4 is 5.32 Å². The number of carbonyl (C=O) groups is 2. The van der Waals surface area contributed by atoms with Crippen molar-refractivity contribution < 1.29 is 14.0 Å². The molecule has 1 aliphatic carbocycles. The second-order valence-corrected chi connectivity index (χ2v) is 6.81. The third kappa shape index (κ3) is 3.09. The van der Waals surface area contributed by atoms with Gasteiger partial charge in [-0.05, 0) is 30.5 Å². The van der Waals surface area contributed by atoms with Crippen LogP contribution in [-0.4, -0.2) is 36.9 Å². The molecule has 3 rings (SSSR count). The van der Waals surface area contributed by atoms with Crippen molar-refractivity contribution in [2.45, 2.75) is 32.1 Å². The van der Waals surface area contributed by atoms with Crippen molar-refractivity contribution in [3.8, 4) is 0 Å². The number of hydrogen-bond acceptors (Lipinski definition) is 2. The monoisotopic (exact) mass is 318 g/mol. The average Bonchev–Trinajstić information content (AvgIpc) is 3.17. The Balaban J connectivity index is 1.72. The molecule has 0 unspecified atom stereocenters. The lowest BCUT2D eigenvalue weighted by Gasteiger charge is -2.28. The van der Waals surface area contributed by atoms with E-state index in [1.807, 2.05) is 4.90 Å². The van der Waals surface area contributed by atoms with Crippen LogP contribution in [0.4, 0.5) is 4.39 Å². The smallest absolute Gasteiger partial charge is 0.227 e. The fourth-order valence-corrected chi connectivity index (χ4v) is 4.17. The van der Waals surface area contributed by atoms with Crippen molar-refractivity contribution in [1.82, 2.24) is 10.2 Å². The molecule has 1 aromatic rings. The number of halogens is 1. The van der Waals surface area contributed by atoms with Gasteiger partial charge < -0.3 is 10.2 Å². The van der Waals surface area contributed by atoms with Gasteiger partial charge in [0.1, 0.15) is 5.82 Å². The molecule has 1 aromatic carbocycles. The van der Waals surface area contributed by atoms with Crippen LogP contribution >= 0.6 is 0 Å². The Labute approximate surface area is 136 Å². The van der Waals surface area contributed by atoms with Crippen LogP contribution in [0, 0.1) is 17.2 Å². The Morgan fingerprint density at radius 2 is 1.91 bits per heavy atom. The van der Waals surface area contributed by atoms with E-state index in [0.717, 1.165) is 31.2 Å². The molecule has 2 fully saturated rings. The maximum atomic E-state index is 13.0. The molecule has 4 nitrogen and oxygen atoms in total. The molecule has 1 aliphatic heterocycles. The third-order valence-corrected chi connectivity index (χ3v) is 5.43. The van der Waals surface area contributed by atoms with E-state index in [2.05, 4.69) is 5.32 Å². The number of benzene rings is 1. The lowest BCUT2D eigenvalue weighted by Crippen LogP contribution is -2.38. The van der Waals surface area contributed by atoms with E-state index in [1.165, 1.54) is 12.1 Å². The summed E-state index contributed by atoms with van der Waals surface area (Å²) in [6, 6.07) is 6.03. The van der Waals surface area contributed by atoms with Crippen molar-refractivity contribution in [2.24, 2.45) is 11.3 Å². The molecule has 1 spiro atoms. The van der Waals surface area contributed by atoms with Gasteiger partial charge in [-0.3, -0.25) is 9.59 Å². The van der Waals surface area contributed by atoms with Crippen LogP contribution in [0.2, 0.25) is 0 Å². The maximum Gasteiger partial charge on any atom is 0.227 e. The molecule has 1 heterocycles. The Bertz CT molecular complexity index is 594. The number of likely N-dealkylation sites (tertiary alicyclic amines) is 1. The van der Waals surface area contributed by atoms with Gasteiger partial charge in [0, 0.05) is 25.6 Å². The summed E-state index contributed by atoms with van der Waals surface area (Å²) < 4.78 is 13.0. The third-order valence-electron chi connectivity index (χ3n) is 5.43. The fraction of sp³-hybridized carbons (Fsp3) is 0.556. The summed E-state index contributed by atoms with van der Waals surface area (Å²) in [5.41, 5.74) is 0.763. The van der Waals surface area contributed by atoms with Gasteiger partial charge >= 0.3 is 0 Å². The molecule has 0 bridgehead atoms. The van der Waals surface area contributed by atoms with E-state index in [1.54, 1.807) is 19.2 Å². The second-order valence-electron chi connectivity index (χ2n) is 6.81. The minimum atomic E-state index is -0.299. The SMILES string of the molecule is CNC(=O)[C@H]1CN(C(=O)Cc2ccc(F)cc2)CC12CCCC2. The van der Waals surface area contributed by atoms with Crippen LogP contribution in [0.1, 0.15) is 31.2 Å². The predicted octanol–water partition coefficient (Wildman–Crippen LogP) is 2.13. The van der Waals surface area contributed by atoms with Gasteiger partial charge in [-0.15, -0.1) is 0 Å². The van der Waals surface area contributed by atoms with Gasteiger partial charge in [-0.25, -0.2) is 4.39 Å². The van der Waals surface area contributed by atoms with Crippen molar-refractivity contribution in [3.63, 3.8) is 0 Å². The Morgan fingerprint density at radius 3 is 2.52 bits per heavy atom. The first-order chi connectivity index (χ1) is 11.0. The molecule has 0 aromatic heterocycles. The van der Waals surface area contributed by atoms with Crippen LogP contribution in [-0.2, 0) is 16.0 Å². The first-order valence-electron chi connectivity index (χ1n) is 8.28. The molecule has 2 aliphatic rings. The summed E-state index contributed by atoms with van der Waals surface area (Å²) >= 11 is 0. The number of rotatable bonds is 3. The maximum absolute atomic E-state index is 13.0. The molecule has 1 saturated heterocycles. The number of hydrogen-bond donors (Lipinski definition) is 1. The summed E-state index contributed by atoms with van der Waals surface area (Å²) in [6.07, 6.45) is 4.56. The molecule has 1 atom stereocenters. The summed E-state index contributed by atoms with van der Waals surface area (Å²) in [6.45, 7) is 1.17. The summed E-state index contributed by atoms with van der Waals surface area (Å²) in [7, 11) is 1.66. The van der Waals surface area contributed by atoms with E-state index in [4.69, 9.17) is 0 Å². The van der Waals surface area contributed by atoms with Crippen molar-refractivity contribution in [1.29, 1.82) is 0 Å². The van der Waals surface area contributed by atoms with Crippen molar-refractivity contribution in [2.75, 3.05) is 20.1 Å². The van der Waals surface area contributed by atoms with E-state index in [0.29, 0.717) is 13.1 Å². The summed E-state index contributed by atoms with van der Waals surface area (Å²) in [4.78, 5) is 26.7. The summed E-state index contributed by atoms with van der Waals surface area (Å²) in [5.74, 6) is -0.336. The molecule has 124 valence electrons. The topological polar surface area (TPSA) is 49.4 Å². The first kappa shape index (κ1) is 16.0. The minimum Gasteiger partial charge on any atom is -0.359 e. The highest BCUT2D eigenvalue weighted by Crippen LogP contribution is 2.49. The second kappa shape index (κ2) is 6.30. The quantitative estimate of drug-likeness (QED) is 0.928. The molecule has 23 heavy (non-hydrogen) atoms. The molecular formula is C18H23FN2O2. The van der Waals surface area contributed by atoms with Gasteiger partial charge in [0.25, 0.3) is 0 Å². The van der Waals surface area contributed by atoms with Crippen molar-refractivity contribution in [3.05, 3.63) is 35.6 Å². The number of nitrogens with one attached hydrogen (secondary N) is 1. The number of amides is 2. The standard InChI is InChI=1S/C18H23FN2O2/c1-20-17(23)15-11-21(12-18(15)8-2-3-9-18)16(22)10-13-4-6-14(19)7-5-13/h4-7,15H,2-3,8-12H2,1H3,(H,20,23)/t15-/m1/s1. The first-order valence-corrected chi connectivity index (χ1v) is 8.28. The molecular weight excluding hydrogens is 295 g/mol. The molecule has 0 radical (unpaired) electrons. The van der Waals surface area contributed by atoms with E-state index < -0.39 is 0 Å². The van der Waals surface area contributed by atoms with Gasteiger partial charge in [0.05, 0.1) is 12.3 Å². The highest BCUT2D eigenvalue weighted by molar-refractivity contribution is 5.84. The van der Waals surface area contributed by atoms with E-state index in [-0.39, 0.29) is 35.4 Å². The van der Waals surface area contributed by atoms with Crippen LogP contribution in [0.3, 0.4) is 0 Å². The normalized spacial score (nSPS) is 22.5. The van der Waals surface area contributed by atoms with E-state index >= 15 is 0 Å². The zero-order chi connectivity index (χ0) is 16.4. The molecule has 1 N–H and O–H groups in total. The fourth-order valence-electron chi connectivity index (χ4n) is 4.17. The number of nitrogens with zero attached hydrogens (tertiary/aromatic N) is 1. The Morgan fingerprint density at radius 1 is 1.26 bits per heavy atom. The predicted molar refractivity (Wildman–Crippen MR) is 85.1 cm³/mol. The van der Waals surface area contributed by atoms with Gasteiger partial charge in [-0.1, -0.05) is 25.0 Å². The Hall–Kier alpha value is -1.91. The molecule has 2 amide bonds. The average molecular weight is 318 g/mol. The molecule has 5 heteroatoms. The summed E-state index contributed by atoms with van der Waals surface area (Å²) in [5, 5.41) is 2.75. The van der Waals surface area contributed by atoms with Crippen LogP contribution in [0.15, 0.2) is 24.3 Å². The highest BCUT2D eigenvalue weighted by Gasteiger charge is 2.51. The van der Waals surface area contributed by atoms with Crippen molar-refractivity contribution >= 4 is 11.8 Å².